The molecular weight excluding hydrogens is 358 g/mol. The first-order valence-electron chi connectivity index (χ1n) is 9.33. The molecular formula is C21H25N3O4. The zero-order valence-electron chi connectivity index (χ0n) is 16.2. The summed E-state index contributed by atoms with van der Waals surface area (Å²) in [6, 6.07) is 14.7. The molecule has 0 aliphatic carbocycles. The number of nitrogens with zero attached hydrogens (tertiary/aromatic N) is 2. The number of carbonyl (C=O) groups is 2. The number of nitrogens with one attached hydrogen (secondary N) is 1. The zero-order chi connectivity index (χ0) is 19.9. The molecule has 1 fully saturated rings. The number of amides is 2. The van der Waals surface area contributed by atoms with Crippen molar-refractivity contribution in [3.8, 4) is 5.75 Å². The van der Waals surface area contributed by atoms with Crippen molar-refractivity contribution in [3.05, 3.63) is 54.1 Å². The van der Waals surface area contributed by atoms with Gasteiger partial charge >= 0.3 is 6.09 Å². The van der Waals surface area contributed by atoms with Crippen molar-refractivity contribution in [2.24, 2.45) is 0 Å². The van der Waals surface area contributed by atoms with Crippen LogP contribution in [0.15, 0.2) is 48.5 Å². The minimum atomic E-state index is -0.251. The average molecular weight is 383 g/mol. The largest absolute Gasteiger partial charge is 0.497 e. The third-order valence-electron chi connectivity index (χ3n) is 4.65. The molecule has 1 N–H and O–H groups in total. The fraction of sp³-hybridized carbons (Fsp3) is 0.333. The molecule has 1 aliphatic heterocycles. The molecule has 0 radical (unpaired) electrons. The van der Waals surface area contributed by atoms with Crippen LogP contribution in [-0.4, -0.2) is 56.8 Å². The Balaban J connectivity index is 1.55. The lowest BCUT2D eigenvalue weighted by molar-refractivity contribution is 0.102. The normalized spacial score (nSPS) is 13.8. The number of anilines is 2. The van der Waals surface area contributed by atoms with Gasteiger partial charge in [-0.1, -0.05) is 0 Å². The molecule has 0 unspecified atom stereocenters. The SMILES string of the molecule is CCOC(=O)N1CCN(c2ccc(NC(=O)c3ccc(OC)cc3)cc2)CC1. The van der Waals surface area contributed by atoms with E-state index in [1.165, 1.54) is 0 Å². The van der Waals surface area contributed by atoms with Gasteiger partial charge in [-0.05, 0) is 55.5 Å². The number of hydrogen-bond donors (Lipinski definition) is 1. The van der Waals surface area contributed by atoms with Crippen molar-refractivity contribution >= 4 is 23.4 Å². The van der Waals surface area contributed by atoms with Crippen molar-refractivity contribution in [3.63, 3.8) is 0 Å². The van der Waals surface area contributed by atoms with Crippen LogP contribution in [0.3, 0.4) is 0 Å². The van der Waals surface area contributed by atoms with Gasteiger partial charge in [-0.3, -0.25) is 4.79 Å². The first-order chi connectivity index (χ1) is 13.6. The molecule has 148 valence electrons. The Morgan fingerprint density at radius 1 is 0.964 bits per heavy atom. The number of methoxy groups -OCH3 is 1. The van der Waals surface area contributed by atoms with E-state index < -0.39 is 0 Å². The number of rotatable bonds is 5. The van der Waals surface area contributed by atoms with Crippen molar-refractivity contribution in [2.45, 2.75) is 6.92 Å². The van der Waals surface area contributed by atoms with E-state index >= 15 is 0 Å². The Morgan fingerprint density at radius 2 is 1.61 bits per heavy atom. The lowest BCUT2D eigenvalue weighted by Crippen LogP contribution is -2.49. The van der Waals surface area contributed by atoms with Gasteiger partial charge in [0.15, 0.2) is 0 Å². The van der Waals surface area contributed by atoms with E-state index in [1.54, 1.807) is 36.3 Å². The highest BCUT2D eigenvalue weighted by Gasteiger charge is 2.22. The Hall–Kier alpha value is -3.22. The van der Waals surface area contributed by atoms with Gasteiger partial charge in [-0.25, -0.2) is 4.79 Å². The van der Waals surface area contributed by atoms with Crippen LogP contribution in [0.4, 0.5) is 16.2 Å². The topological polar surface area (TPSA) is 71.1 Å². The molecule has 0 atom stereocenters. The number of benzene rings is 2. The molecule has 0 aromatic heterocycles. The van der Waals surface area contributed by atoms with Crippen LogP contribution in [0.1, 0.15) is 17.3 Å². The molecule has 7 heteroatoms. The van der Waals surface area contributed by atoms with Gasteiger partial charge in [-0.2, -0.15) is 0 Å². The van der Waals surface area contributed by atoms with Crippen molar-refractivity contribution in [1.82, 2.24) is 4.90 Å². The molecule has 7 nitrogen and oxygen atoms in total. The first-order valence-corrected chi connectivity index (χ1v) is 9.33. The van der Waals surface area contributed by atoms with E-state index in [0.717, 1.165) is 24.5 Å². The second kappa shape index (κ2) is 9.12. The molecule has 2 aromatic carbocycles. The quantitative estimate of drug-likeness (QED) is 0.858. The van der Waals surface area contributed by atoms with Gasteiger partial charge in [0.2, 0.25) is 0 Å². The Morgan fingerprint density at radius 3 is 2.18 bits per heavy atom. The van der Waals surface area contributed by atoms with E-state index in [1.807, 2.05) is 31.2 Å². The summed E-state index contributed by atoms with van der Waals surface area (Å²) in [4.78, 5) is 28.1. The molecule has 1 saturated heterocycles. The molecule has 28 heavy (non-hydrogen) atoms. The summed E-state index contributed by atoms with van der Waals surface area (Å²) in [5, 5.41) is 2.89. The highest BCUT2D eigenvalue weighted by molar-refractivity contribution is 6.04. The summed E-state index contributed by atoms with van der Waals surface area (Å²) in [7, 11) is 1.59. The standard InChI is InChI=1S/C21H25N3O4/c1-3-28-21(26)24-14-12-23(13-15-24)18-8-6-17(7-9-18)22-20(25)16-4-10-19(27-2)11-5-16/h4-11H,3,12-15H2,1-2H3,(H,22,25). The molecule has 0 spiro atoms. The predicted octanol–water partition coefficient (Wildman–Crippen LogP) is 3.23. The van der Waals surface area contributed by atoms with E-state index in [9.17, 15) is 9.59 Å². The summed E-state index contributed by atoms with van der Waals surface area (Å²) < 4.78 is 10.2. The van der Waals surface area contributed by atoms with Gasteiger partial charge in [0.25, 0.3) is 5.91 Å². The fourth-order valence-electron chi connectivity index (χ4n) is 3.06. The van der Waals surface area contributed by atoms with Crippen LogP contribution in [0.2, 0.25) is 0 Å². The first kappa shape index (κ1) is 19.5. The lowest BCUT2D eigenvalue weighted by Gasteiger charge is -2.35. The fourth-order valence-corrected chi connectivity index (χ4v) is 3.06. The Kier molecular flexibility index (Phi) is 6.37. The number of ether oxygens (including phenoxy) is 2. The van der Waals surface area contributed by atoms with Crippen LogP contribution < -0.4 is 15.0 Å². The zero-order valence-corrected chi connectivity index (χ0v) is 16.2. The van der Waals surface area contributed by atoms with Crippen LogP contribution in [0.5, 0.6) is 5.75 Å². The van der Waals surface area contributed by atoms with Crippen molar-refractivity contribution < 1.29 is 19.1 Å². The number of carbonyl (C=O) groups excluding carboxylic acids is 2. The van der Waals surface area contributed by atoms with E-state index in [0.29, 0.717) is 31.0 Å². The number of hydrogen-bond acceptors (Lipinski definition) is 5. The highest BCUT2D eigenvalue weighted by Crippen LogP contribution is 2.20. The molecule has 0 bridgehead atoms. The van der Waals surface area contributed by atoms with Gasteiger partial charge in [-0.15, -0.1) is 0 Å². The van der Waals surface area contributed by atoms with E-state index in [2.05, 4.69) is 10.2 Å². The molecule has 2 amide bonds. The van der Waals surface area contributed by atoms with E-state index in [-0.39, 0.29) is 12.0 Å². The van der Waals surface area contributed by atoms with Crippen LogP contribution in [0, 0.1) is 0 Å². The summed E-state index contributed by atoms with van der Waals surface area (Å²) >= 11 is 0. The highest BCUT2D eigenvalue weighted by atomic mass is 16.6. The summed E-state index contributed by atoms with van der Waals surface area (Å²) in [5.74, 6) is 0.544. The second-order valence-electron chi connectivity index (χ2n) is 6.40. The summed E-state index contributed by atoms with van der Waals surface area (Å²) in [6.45, 7) is 4.96. The van der Waals surface area contributed by atoms with Crippen LogP contribution in [-0.2, 0) is 4.74 Å². The summed E-state index contributed by atoms with van der Waals surface area (Å²) in [6.07, 6.45) is -0.251. The molecule has 3 rings (SSSR count). The number of piperazine rings is 1. The summed E-state index contributed by atoms with van der Waals surface area (Å²) in [5.41, 5.74) is 2.36. The van der Waals surface area contributed by atoms with Gasteiger partial charge in [0.1, 0.15) is 5.75 Å². The minimum Gasteiger partial charge on any atom is -0.497 e. The molecule has 2 aromatic rings. The van der Waals surface area contributed by atoms with Crippen LogP contribution in [0.25, 0.3) is 0 Å². The minimum absolute atomic E-state index is 0.168. The smallest absolute Gasteiger partial charge is 0.409 e. The predicted molar refractivity (Wildman–Crippen MR) is 108 cm³/mol. The van der Waals surface area contributed by atoms with Crippen LogP contribution >= 0.6 is 0 Å². The Bertz CT molecular complexity index is 797. The maximum absolute atomic E-state index is 12.3. The maximum Gasteiger partial charge on any atom is 0.409 e. The Labute approximate surface area is 164 Å². The average Bonchev–Trinajstić information content (AvgIpc) is 2.74. The molecule has 1 aliphatic rings. The second-order valence-corrected chi connectivity index (χ2v) is 6.40. The van der Waals surface area contributed by atoms with Crippen molar-refractivity contribution in [1.29, 1.82) is 0 Å². The maximum atomic E-state index is 12.3. The van der Waals surface area contributed by atoms with Gasteiger partial charge in [0, 0.05) is 43.1 Å². The monoisotopic (exact) mass is 383 g/mol. The molecule has 1 heterocycles. The van der Waals surface area contributed by atoms with E-state index in [4.69, 9.17) is 9.47 Å². The third-order valence-corrected chi connectivity index (χ3v) is 4.65. The molecule has 0 saturated carbocycles. The van der Waals surface area contributed by atoms with Gasteiger partial charge in [0.05, 0.1) is 13.7 Å². The van der Waals surface area contributed by atoms with Gasteiger partial charge < -0.3 is 24.6 Å². The van der Waals surface area contributed by atoms with Crippen molar-refractivity contribution in [2.75, 3.05) is 50.1 Å². The lowest BCUT2D eigenvalue weighted by atomic mass is 10.2. The third kappa shape index (κ3) is 4.73.